The number of imidazole rings is 1. The zero-order valence-corrected chi connectivity index (χ0v) is 27.5. The molecular weight excluding hydrogens is 552 g/mol. The van der Waals surface area contributed by atoms with Crippen molar-refractivity contribution in [2.75, 3.05) is 40.3 Å². The van der Waals surface area contributed by atoms with E-state index in [1.165, 1.54) is 23.4 Å². The molecule has 0 unspecified atom stereocenters. The lowest BCUT2D eigenvalue weighted by molar-refractivity contribution is -0.896. The van der Waals surface area contributed by atoms with Gasteiger partial charge < -0.3 is 9.22 Å². The third-order valence-corrected chi connectivity index (χ3v) is 9.54. The predicted molar refractivity (Wildman–Crippen MR) is 171 cm³/mol. The number of rotatable bonds is 14. The first-order chi connectivity index (χ1) is 20.9. The topological polar surface area (TPSA) is 72.5 Å². The first kappa shape index (κ1) is 31.9. The maximum Gasteiger partial charge on any atom is 0.309 e. The number of ether oxygens (including phenoxy) is 1. The van der Waals surface area contributed by atoms with Crippen molar-refractivity contribution in [1.29, 1.82) is 0 Å². The molecule has 1 aromatic heterocycles. The Morgan fingerprint density at radius 3 is 2.30 bits per heavy atom. The van der Waals surface area contributed by atoms with E-state index >= 15 is 0 Å². The van der Waals surface area contributed by atoms with Gasteiger partial charge >= 0.3 is 5.97 Å². The van der Waals surface area contributed by atoms with Crippen LogP contribution >= 0.6 is 0 Å². The van der Waals surface area contributed by atoms with E-state index in [9.17, 15) is 14.4 Å². The van der Waals surface area contributed by atoms with Crippen LogP contribution in [0.25, 0.3) is 10.8 Å². The number of esters is 1. The molecule has 0 aliphatic carbocycles. The number of aromatic nitrogens is 2. The van der Waals surface area contributed by atoms with Gasteiger partial charge in [-0.25, -0.2) is 9.13 Å². The Hall–Kier alpha value is -3.52. The normalized spacial score (nSPS) is 18.9. The van der Waals surface area contributed by atoms with Gasteiger partial charge in [0.15, 0.2) is 0 Å². The molecular formula is C36H50N4O4+2. The number of cyclic esters (lactones) is 1. The third-order valence-electron chi connectivity index (χ3n) is 9.54. The van der Waals surface area contributed by atoms with Gasteiger partial charge in [-0.3, -0.25) is 19.3 Å². The summed E-state index contributed by atoms with van der Waals surface area (Å²) in [5.41, 5.74) is 2.27. The highest BCUT2D eigenvalue weighted by Gasteiger charge is 2.39. The van der Waals surface area contributed by atoms with Crippen molar-refractivity contribution >= 4 is 28.6 Å². The van der Waals surface area contributed by atoms with E-state index in [0.717, 1.165) is 60.6 Å². The van der Waals surface area contributed by atoms with E-state index in [2.05, 4.69) is 63.6 Å². The lowest BCUT2D eigenvalue weighted by Gasteiger charge is -2.40. The van der Waals surface area contributed by atoms with E-state index in [1.807, 2.05) is 36.4 Å². The van der Waals surface area contributed by atoms with Gasteiger partial charge in [0.1, 0.15) is 11.9 Å². The van der Waals surface area contributed by atoms with Gasteiger partial charge in [0.25, 0.3) is 11.8 Å². The molecule has 5 rings (SSSR count). The fourth-order valence-corrected chi connectivity index (χ4v) is 7.63. The highest BCUT2D eigenvalue weighted by atomic mass is 16.5. The van der Waals surface area contributed by atoms with Gasteiger partial charge in [-0.15, -0.1) is 0 Å². The van der Waals surface area contributed by atoms with E-state index in [4.69, 9.17) is 4.74 Å². The van der Waals surface area contributed by atoms with Crippen LogP contribution in [0, 0.1) is 17.3 Å². The van der Waals surface area contributed by atoms with Crippen LogP contribution in [0.15, 0.2) is 48.9 Å². The van der Waals surface area contributed by atoms with Crippen LogP contribution in [0.1, 0.15) is 79.3 Å². The summed E-state index contributed by atoms with van der Waals surface area (Å²) in [5, 5.41) is 1.72. The number of carbonyl (C=O) groups excluding carboxylic acids is 3. The van der Waals surface area contributed by atoms with Crippen molar-refractivity contribution in [2.24, 2.45) is 24.3 Å². The molecule has 0 radical (unpaired) electrons. The van der Waals surface area contributed by atoms with Crippen molar-refractivity contribution in [2.45, 2.75) is 65.8 Å². The zero-order valence-electron chi connectivity index (χ0n) is 27.5. The quantitative estimate of drug-likeness (QED) is 0.0840. The van der Waals surface area contributed by atoms with E-state index < -0.39 is 0 Å². The van der Waals surface area contributed by atoms with Crippen LogP contribution in [0.4, 0.5) is 0 Å². The molecule has 0 bridgehead atoms. The number of hydrogen-bond donors (Lipinski definition) is 0. The molecule has 2 aliphatic rings. The molecule has 3 aromatic rings. The SMILES string of the molecule is CC[C@@H]1C(=O)OC[C@@H]1Cc1c[n+](CCCCCC[N+](C)(C)CC(C)(C)CN2C(=O)c3cccc4cccc(c34)C2=O)cn1C. The number of imide groups is 1. The number of amides is 2. The minimum atomic E-state index is -0.230. The first-order valence-electron chi connectivity index (χ1n) is 16.3. The summed E-state index contributed by atoms with van der Waals surface area (Å²) in [5.74, 6) is -0.119. The molecule has 0 N–H and O–H groups in total. The maximum absolute atomic E-state index is 13.4. The minimum Gasteiger partial charge on any atom is -0.465 e. The van der Waals surface area contributed by atoms with Crippen molar-refractivity contribution < 1.29 is 28.2 Å². The molecule has 0 saturated carbocycles. The summed E-state index contributed by atoms with van der Waals surface area (Å²) in [4.78, 5) is 40.3. The molecule has 44 heavy (non-hydrogen) atoms. The van der Waals surface area contributed by atoms with E-state index in [1.54, 1.807) is 0 Å². The number of aryl methyl sites for hydroxylation is 2. The van der Waals surface area contributed by atoms with E-state index in [-0.39, 0.29) is 35.0 Å². The highest BCUT2D eigenvalue weighted by molar-refractivity contribution is 6.25. The van der Waals surface area contributed by atoms with Crippen molar-refractivity contribution in [3.63, 3.8) is 0 Å². The fraction of sp³-hybridized carbons (Fsp3) is 0.556. The van der Waals surface area contributed by atoms with Crippen LogP contribution in [0.3, 0.4) is 0 Å². The molecule has 2 amide bonds. The summed E-state index contributed by atoms with van der Waals surface area (Å²) >= 11 is 0. The smallest absolute Gasteiger partial charge is 0.309 e. The largest absolute Gasteiger partial charge is 0.465 e. The standard InChI is InChI=1S/C36H50N4O4/c1-7-29-27(22-44-35(29)43)20-28-21-38(25-37(28)4)18-10-8-9-11-19-40(5,6)24-36(2,3)23-39-33(41)30-16-12-14-26-15-13-17-31(32(26)30)34(39)42/h12-17,21,25,27,29H,7-11,18-20,22-24H2,1-6H3/q+2/t27-,29-/m0/s1. The predicted octanol–water partition coefficient (Wildman–Crippen LogP) is 5.17. The summed E-state index contributed by atoms with van der Waals surface area (Å²) in [6.07, 6.45) is 10.7. The third kappa shape index (κ3) is 6.90. The Labute approximate surface area is 262 Å². The maximum atomic E-state index is 13.4. The second-order valence-electron chi connectivity index (χ2n) is 14.5. The highest BCUT2D eigenvalue weighted by Crippen LogP contribution is 2.33. The summed E-state index contributed by atoms with van der Waals surface area (Å²) in [6, 6.07) is 11.4. The number of unbranched alkanes of at least 4 members (excludes halogenated alkanes) is 3. The number of benzene rings is 2. The lowest BCUT2D eigenvalue weighted by atomic mass is 9.88. The molecule has 2 atom stereocenters. The van der Waals surface area contributed by atoms with Crippen molar-refractivity contribution in [3.8, 4) is 0 Å². The second-order valence-corrected chi connectivity index (χ2v) is 14.5. The molecule has 2 aromatic carbocycles. The Morgan fingerprint density at radius 1 is 0.977 bits per heavy atom. The Balaban J connectivity index is 1.06. The second kappa shape index (κ2) is 12.8. The van der Waals surface area contributed by atoms with Crippen molar-refractivity contribution in [3.05, 3.63) is 65.7 Å². The monoisotopic (exact) mass is 602 g/mol. The lowest BCUT2D eigenvalue weighted by Crippen LogP contribution is -2.52. The average molecular weight is 603 g/mol. The van der Waals surface area contributed by atoms with Crippen LogP contribution < -0.4 is 4.57 Å². The summed E-state index contributed by atoms with van der Waals surface area (Å²) < 4.78 is 10.6. The molecule has 236 valence electrons. The van der Waals surface area contributed by atoms with Gasteiger partial charge in [-0.2, -0.15) is 0 Å². The molecule has 1 fully saturated rings. The van der Waals surface area contributed by atoms with Gasteiger partial charge in [0.2, 0.25) is 6.33 Å². The van der Waals surface area contributed by atoms with Crippen LogP contribution in [0.2, 0.25) is 0 Å². The van der Waals surface area contributed by atoms with Gasteiger partial charge in [-0.05, 0) is 49.6 Å². The van der Waals surface area contributed by atoms with Gasteiger partial charge in [0, 0.05) is 40.8 Å². The first-order valence-corrected chi connectivity index (χ1v) is 16.3. The fourth-order valence-electron chi connectivity index (χ4n) is 7.63. The molecule has 8 heteroatoms. The van der Waals surface area contributed by atoms with Crippen LogP contribution in [-0.2, 0) is 29.5 Å². The molecule has 3 heterocycles. The number of nitrogens with zero attached hydrogens (tertiary/aromatic N) is 4. The number of hydrogen-bond acceptors (Lipinski definition) is 4. The Morgan fingerprint density at radius 2 is 1.64 bits per heavy atom. The summed E-state index contributed by atoms with van der Waals surface area (Å²) in [7, 11) is 6.60. The number of carbonyl (C=O) groups is 3. The van der Waals surface area contributed by atoms with Crippen LogP contribution in [0.5, 0.6) is 0 Å². The summed E-state index contributed by atoms with van der Waals surface area (Å²) in [6.45, 7) is 10.2. The Kier molecular flexibility index (Phi) is 9.30. The van der Waals surface area contributed by atoms with Crippen LogP contribution in [-0.4, -0.2) is 72.1 Å². The number of quaternary nitrogens is 1. The van der Waals surface area contributed by atoms with Gasteiger partial charge in [0.05, 0.1) is 53.3 Å². The zero-order chi connectivity index (χ0) is 31.6. The molecule has 1 saturated heterocycles. The average Bonchev–Trinajstić information content (AvgIpc) is 3.51. The van der Waals surface area contributed by atoms with E-state index in [0.29, 0.717) is 24.3 Å². The minimum absolute atomic E-state index is 0.0224. The van der Waals surface area contributed by atoms with Gasteiger partial charge in [-0.1, -0.05) is 45.0 Å². The Bertz CT molecular complexity index is 1490. The van der Waals surface area contributed by atoms with Crippen molar-refractivity contribution in [1.82, 2.24) is 9.47 Å². The molecule has 0 spiro atoms. The molecule has 2 aliphatic heterocycles. The molecule has 8 nitrogen and oxygen atoms in total.